The van der Waals surface area contributed by atoms with Crippen LogP contribution >= 0.6 is 23.2 Å². The molecule has 2 aliphatic heterocycles. The molecule has 0 aromatic heterocycles. The van der Waals surface area contributed by atoms with Crippen LogP contribution in [0.5, 0.6) is 0 Å². The van der Waals surface area contributed by atoms with Crippen molar-refractivity contribution in [2.75, 3.05) is 25.5 Å². The van der Waals surface area contributed by atoms with Crippen molar-refractivity contribution in [3.63, 3.8) is 0 Å². The fraction of sp³-hybridized carbons (Fsp3) is 0.123. The number of rotatable bonds is 15. The third-order valence-electron chi connectivity index (χ3n) is 12.5. The van der Waals surface area contributed by atoms with Gasteiger partial charge in [0.05, 0.1) is 57.6 Å². The second-order valence-corrected chi connectivity index (χ2v) is 18.1. The van der Waals surface area contributed by atoms with Gasteiger partial charge in [-0.2, -0.15) is 0 Å². The van der Waals surface area contributed by atoms with Crippen LogP contribution in [0, 0.1) is 17.3 Å². The molecular formula is C57H40Cl2N5O12-. The number of amides is 3. The Bertz CT molecular complexity index is 3930. The van der Waals surface area contributed by atoms with Gasteiger partial charge < -0.3 is 55.7 Å². The highest BCUT2D eigenvalue weighted by Crippen LogP contribution is 2.47. The Hall–Kier alpha value is -9.34. The highest BCUT2D eigenvalue weighted by molar-refractivity contribution is 6.41. The molecule has 0 atom stereocenters. The van der Waals surface area contributed by atoms with E-state index in [9.17, 15) is 43.8 Å². The molecule has 0 fully saturated rings. The van der Waals surface area contributed by atoms with E-state index in [-0.39, 0.29) is 122 Å². The lowest BCUT2D eigenvalue weighted by Gasteiger charge is -2.23. The number of carboxylic acids is 2. The number of carbonyl (C=O) groups excluding carboxylic acids is 5. The van der Waals surface area contributed by atoms with Crippen LogP contribution in [0.2, 0.25) is 10.0 Å². The quantitative estimate of drug-likeness (QED) is 0.0258. The van der Waals surface area contributed by atoms with Gasteiger partial charge in [-0.25, -0.2) is 4.79 Å². The molecule has 4 aromatic rings. The smallest absolute Gasteiger partial charge is 0.337 e. The Kier molecular flexibility index (Phi) is 14.7. The number of halogens is 2. The number of benzene rings is 6. The van der Waals surface area contributed by atoms with E-state index in [0.29, 0.717) is 44.5 Å². The topological polar surface area (TPSA) is 284 Å². The van der Waals surface area contributed by atoms with E-state index in [0.717, 1.165) is 0 Å². The summed E-state index contributed by atoms with van der Waals surface area (Å²) in [6.45, 7) is 1.72. The first-order chi connectivity index (χ1) is 36.5. The summed E-state index contributed by atoms with van der Waals surface area (Å²) in [6, 6.07) is 23.5. The number of carboxylic acid groups (broad SMARTS) is 2. The van der Waals surface area contributed by atoms with Crippen LogP contribution in [0.4, 0.5) is 5.69 Å². The van der Waals surface area contributed by atoms with Crippen LogP contribution in [-0.4, -0.2) is 60.3 Å². The SMILES string of the molecule is CC#CCOCCNC(=O)c1ccc(-c2c3ccc(=O)c(CNC(=O)c4ccc(CNC(=O)c5cc(Cl)c(-c6c7ccc(=N)cc-7oc7cc(N)ccc67)c(C(=O)O)c5Cl)cc4)c-3oc3c2C=CC(=O)C3)c(C(=O)[O-])c1. The lowest BCUT2D eigenvalue weighted by Crippen LogP contribution is -2.29. The van der Waals surface area contributed by atoms with Crippen LogP contribution in [-0.2, 0) is 29.0 Å². The molecule has 0 unspecified atom stereocenters. The zero-order valence-corrected chi connectivity index (χ0v) is 41.4. The van der Waals surface area contributed by atoms with Gasteiger partial charge in [-0.05, 0) is 96.9 Å². The zero-order valence-electron chi connectivity index (χ0n) is 39.9. The van der Waals surface area contributed by atoms with E-state index in [1.54, 1.807) is 43.3 Å². The number of allylic oxidation sites excluding steroid dienone is 1. The number of carbonyl (C=O) groups is 6. The van der Waals surface area contributed by atoms with Crippen molar-refractivity contribution in [3.05, 3.63) is 179 Å². The molecule has 2 heterocycles. The van der Waals surface area contributed by atoms with Gasteiger partial charge in [0.1, 0.15) is 29.5 Å². The summed E-state index contributed by atoms with van der Waals surface area (Å²) in [5.74, 6) is 0.542. The van der Waals surface area contributed by atoms with E-state index >= 15 is 0 Å². The van der Waals surface area contributed by atoms with E-state index < -0.39 is 40.7 Å². The van der Waals surface area contributed by atoms with Crippen molar-refractivity contribution < 1.29 is 52.6 Å². The van der Waals surface area contributed by atoms with Gasteiger partial charge in [-0.3, -0.25) is 24.0 Å². The van der Waals surface area contributed by atoms with Gasteiger partial charge in [-0.15, -0.1) is 5.92 Å². The summed E-state index contributed by atoms with van der Waals surface area (Å²) in [5.41, 5.74) is 7.75. The van der Waals surface area contributed by atoms with Crippen molar-refractivity contribution in [1.82, 2.24) is 16.0 Å². The largest absolute Gasteiger partial charge is 0.545 e. The highest BCUT2D eigenvalue weighted by atomic mass is 35.5. The summed E-state index contributed by atoms with van der Waals surface area (Å²) in [5, 5.41) is 39.6. The standard InChI is InChI=1S/C57H41Cl2N5O12/c1-2-3-19-74-20-18-62-54(68)30-8-12-34(39(21-30)56(70)71)47-35-15-11-33(65)24-46(35)76-52-38(47)16-17-43(66)41(52)27-64-53(67)29-6-4-28(5-7-29)26-63-55(69)40-25-42(58)49(50(51(40)59)57(72)73)48-36-13-9-31(60)22-44(36)75-45-23-32(61)10-14-37(45)48/h4-17,21-23,25,60H,18-20,24,26-27,61H2,1H3,(H,62,68)(H,63,69)(H,64,67)(H,70,71)(H,72,73)/p-1. The molecule has 9 rings (SSSR count). The summed E-state index contributed by atoms with van der Waals surface area (Å²) in [7, 11) is 0. The number of nitrogens with one attached hydrogen (secondary N) is 4. The molecule has 4 aromatic carbocycles. The second-order valence-electron chi connectivity index (χ2n) is 17.3. The number of hydrogen-bond acceptors (Lipinski definition) is 13. The van der Waals surface area contributed by atoms with Gasteiger partial charge >= 0.3 is 5.97 Å². The Morgan fingerprint density at radius 2 is 1.50 bits per heavy atom. The van der Waals surface area contributed by atoms with Gasteiger partial charge in [0.25, 0.3) is 17.7 Å². The van der Waals surface area contributed by atoms with Crippen LogP contribution in [0.3, 0.4) is 0 Å². The molecule has 380 valence electrons. The molecule has 0 radical (unpaired) electrons. The molecule has 3 amide bonds. The Balaban J connectivity index is 0.929. The number of ether oxygens (including phenoxy) is 1. The fourth-order valence-electron chi connectivity index (χ4n) is 8.89. The van der Waals surface area contributed by atoms with Crippen LogP contribution in [0.1, 0.15) is 81.2 Å². The van der Waals surface area contributed by atoms with Crippen molar-refractivity contribution >= 4 is 81.4 Å². The molecular weight excluding hydrogens is 1020 g/mol. The number of nitrogens with two attached hydrogens (primary N) is 1. The van der Waals surface area contributed by atoms with Gasteiger partial charge in [0.15, 0.2) is 11.2 Å². The van der Waals surface area contributed by atoms with E-state index in [1.807, 2.05) is 0 Å². The predicted molar refractivity (Wildman–Crippen MR) is 280 cm³/mol. The average molecular weight is 1060 g/mol. The minimum Gasteiger partial charge on any atom is -0.545 e. The minimum atomic E-state index is -1.60. The first kappa shape index (κ1) is 51.6. The maximum Gasteiger partial charge on any atom is 0.337 e. The van der Waals surface area contributed by atoms with Crippen LogP contribution in [0.15, 0.2) is 117 Å². The monoisotopic (exact) mass is 1060 g/mol. The van der Waals surface area contributed by atoms with Gasteiger partial charge in [-0.1, -0.05) is 47.3 Å². The summed E-state index contributed by atoms with van der Waals surface area (Å²) >= 11 is 13.6. The van der Waals surface area contributed by atoms with E-state index in [1.165, 1.54) is 72.8 Å². The molecule has 19 heteroatoms. The number of aromatic carboxylic acids is 2. The van der Waals surface area contributed by atoms with Crippen LogP contribution in [0.25, 0.3) is 61.9 Å². The van der Waals surface area contributed by atoms with Crippen molar-refractivity contribution in [1.29, 1.82) is 5.41 Å². The molecule has 7 N–H and O–H groups in total. The van der Waals surface area contributed by atoms with Crippen molar-refractivity contribution in [2.45, 2.75) is 26.4 Å². The maximum absolute atomic E-state index is 13.7. The number of nitrogen functional groups attached to an aromatic ring is 1. The van der Waals surface area contributed by atoms with Crippen molar-refractivity contribution in [2.24, 2.45) is 0 Å². The lowest BCUT2D eigenvalue weighted by molar-refractivity contribution is -0.255. The third kappa shape index (κ3) is 10.3. The summed E-state index contributed by atoms with van der Waals surface area (Å²) in [4.78, 5) is 92.2. The third-order valence-corrected chi connectivity index (χ3v) is 13.2. The summed E-state index contributed by atoms with van der Waals surface area (Å²) < 4.78 is 17.6. The number of anilines is 1. The summed E-state index contributed by atoms with van der Waals surface area (Å²) in [6.07, 6.45) is 2.60. The molecule has 0 spiro atoms. The molecule has 76 heavy (non-hydrogen) atoms. The maximum atomic E-state index is 13.7. The van der Waals surface area contributed by atoms with Crippen LogP contribution < -0.4 is 37.6 Å². The molecule has 17 nitrogen and oxygen atoms in total. The minimum absolute atomic E-state index is 0.00104. The Labute approximate surface area is 441 Å². The predicted octanol–water partition coefficient (Wildman–Crippen LogP) is 7.13. The molecule has 3 aliphatic carbocycles. The highest BCUT2D eigenvalue weighted by Gasteiger charge is 2.31. The van der Waals surface area contributed by atoms with Crippen molar-refractivity contribution in [3.8, 4) is 56.7 Å². The Morgan fingerprint density at radius 3 is 2.25 bits per heavy atom. The van der Waals surface area contributed by atoms with Gasteiger partial charge in [0, 0.05) is 86.4 Å². The normalized spacial score (nSPS) is 11.8. The molecule has 5 aliphatic rings. The average Bonchev–Trinajstić information content (AvgIpc) is 3.41. The number of ketones is 1. The Morgan fingerprint density at radius 1 is 0.776 bits per heavy atom. The van der Waals surface area contributed by atoms with E-state index in [4.69, 9.17) is 47.9 Å². The first-order valence-electron chi connectivity index (χ1n) is 23.2. The lowest BCUT2D eigenvalue weighted by atomic mass is 9.85. The molecule has 0 saturated carbocycles. The molecule has 0 bridgehead atoms. The van der Waals surface area contributed by atoms with Gasteiger partial charge in [0.2, 0.25) is 0 Å². The van der Waals surface area contributed by atoms with E-state index in [2.05, 4.69) is 27.8 Å². The molecule has 0 saturated heterocycles. The number of fused-ring (bicyclic) bond motifs is 4. The zero-order chi connectivity index (χ0) is 53.9. The number of hydrogen-bond donors (Lipinski definition) is 6. The second kappa shape index (κ2) is 21.6. The first-order valence-corrected chi connectivity index (χ1v) is 23.9. The fourth-order valence-corrected chi connectivity index (χ4v) is 9.50.